The number of urea groups is 1. The van der Waals surface area contributed by atoms with Crippen LogP contribution < -0.4 is 10.6 Å². The average Bonchev–Trinajstić information content (AvgIpc) is 2.95. The number of esters is 1. The molecule has 2 fully saturated rings. The molecule has 3 amide bonds. The number of hydrogen-bond donors (Lipinski definition) is 2. The zero-order chi connectivity index (χ0) is 24.1. The van der Waals surface area contributed by atoms with Crippen molar-refractivity contribution in [2.75, 3.05) is 19.0 Å². The summed E-state index contributed by atoms with van der Waals surface area (Å²) in [6.45, 7) is 2.02. The van der Waals surface area contributed by atoms with Gasteiger partial charge in [-0.25, -0.2) is 9.59 Å². The standard InChI is InChI=1S/C26H36N4O4/c1-3-34-25(32)18-12-9-13-19(16-18)27-26(33)29-23-24(31)30(2)21-15-8-7-14-20(21)22(28-23)17-10-5-4-6-11-17/h9,12-13,16-17,20-21,23H,3-8,10-11,14-15H2,1-2H3,(H2,27,29,33). The van der Waals surface area contributed by atoms with Crippen LogP contribution in [0.25, 0.3) is 0 Å². The highest BCUT2D eigenvalue weighted by atomic mass is 16.5. The summed E-state index contributed by atoms with van der Waals surface area (Å²) < 4.78 is 5.03. The molecule has 4 rings (SSSR count). The van der Waals surface area contributed by atoms with Crippen LogP contribution in [0, 0.1) is 11.8 Å². The normalized spacial score (nSPS) is 25.6. The Labute approximate surface area is 201 Å². The first-order chi connectivity index (χ1) is 16.5. The molecule has 0 bridgehead atoms. The summed E-state index contributed by atoms with van der Waals surface area (Å²) in [5.41, 5.74) is 1.94. The van der Waals surface area contributed by atoms with Crippen LogP contribution in [-0.2, 0) is 9.53 Å². The Kier molecular flexibility index (Phi) is 7.85. The van der Waals surface area contributed by atoms with Gasteiger partial charge in [-0.15, -0.1) is 0 Å². The number of hydrogen-bond acceptors (Lipinski definition) is 5. The third-order valence-corrected chi connectivity index (χ3v) is 7.39. The molecule has 0 saturated heterocycles. The summed E-state index contributed by atoms with van der Waals surface area (Å²) in [5.74, 6) is 0.0591. The maximum Gasteiger partial charge on any atom is 0.338 e. The van der Waals surface area contributed by atoms with Crippen molar-refractivity contribution in [2.24, 2.45) is 16.8 Å². The molecule has 3 aliphatic rings. The zero-order valence-corrected chi connectivity index (χ0v) is 20.2. The number of likely N-dealkylation sites (N-methyl/N-ethyl adjacent to an activating group) is 1. The van der Waals surface area contributed by atoms with Gasteiger partial charge >= 0.3 is 12.0 Å². The van der Waals surface area contributed by atoms with Gasteiger partial charge in [0.15, 0.2) is 0 Å². The topological polar surface area (TPSA) is 100 Å². The molecule has 1 aromatic carbocycles. The van der Waals surface area contributed by atoms with Gasteiger partial charge < -0.3 is 20.3 Å². The van der Waals surface area contributed by atoms with Gasteiger partial charge in [-0.2, -0.15) is 0 Å². The van der Waals surface area contributed by atoms with Gasteiger partial charge in [-0.1, -0.05) is 38.2 Å². The minimum Gasteiger partial charge on any atom is -0.462 e. The summed E-state index contributed by atoms with van der Waals surface area (Å²) in [4.78, 5) is 45.0. The fourth-order valence-electron chi connectivity index (χ4n) is 5.71. The fraction of sp³-hybridized carbons (Fsp3) is 0.615. The van der Waals surface area contributed by atoms with E-state index in [1.54, 1.807) is 31.2 Å². The number of nitrogens with one attached hydrogen (secondary N) is 2. The van der Waals surface area contributed by atoms with E-state index in [0.29, 0.717) is 17.2 Å². The van der Waals surface area contributed by atoms with E-state index in [0.717, 1.165) is 44.2 Å². The molecule has 34 heavy (non-hydrogen) atoms. The lowest BCUT2D eigenvalue weighted by Gasteiger charge is -2.39. The molecule has 1 aromatic rings. The van der Waals surface area contributed by atoms with Gasteiger partial charge in [0.05, 0.1) is 12.2 Å². The van der Waals surface area contributed by atoms with Crippen LogP contribution in [0.4, 0.5) is 10.5 Å². The van der Waals surface area contributed by atoms with E-state index in [-0.39, 0.29) is 24.5 Å². The predicted octanol–water partition coefficient (Wildman–Crippen LogP) is 4.36. The second-order valence-corrected chi connectivity index (χ2v) is 9.60. The summed E-state index contributed by atoms with van der Waals surface area (Å²) >= 11 is 0. The first kappa shape index (κ1) is 24.2. The van der Waals surface area contributed by atoms with Gasteiger partial charge in [0.1, 0.15) is 0 Å². The van der Waals surface area contributed by atoms with Gasteiger partial charge in [-0.3, -0.25) is 9.79 Å². The maximum atomic E-state index is 13.3. The van der Waals surface area contributed by atoms with E-state index in [9.17, 15) is 14.4 Å². The van der Waals surface area contributed by atoms with E-state index in [1.807, 2.05) is 11.9 Å². The Bertz CT molecular complexity index is 940. The summed E-state index contributed by atoms with van der Waals surface area (Å²) in [7, 11) is 1.85. The van der Waals surface area contributed by atoms with Crippen LogP contribution in [0.1, 0.15) is 75.1 Å². The molecule has 184 valence electrons. The van der Waals surface area contributed by atoms with Crippen molar-refractivity contribution in [3.63, 3.8) is 0 Å². The van der Waals surface area contributed by atoms with Crippen LogP contribution in [0.15, 0.2) is 29.3 Å². The monoisotopic (exact) mass is 468 g/mol. The molecular weight excluding hydrogens is 432 g/mol. The number of ether oxygens (including phenoxy) is 1. The first-order valence-electron chi connectivity index (χ1n) is 12.7. The number of rotatable bonds is 5. The molecule has 0 aromatic heterocycles. The highest BCUT2D eigenvalue weighted by Crippen LogP contribution is 2.37. The molecule has 1 heterocycles. The molecule has 2 saturated carbocycles. The lowest BCUT2D eigenvalue weighted by Crippen LogP contribution is -2.50. The number of anilines is 1. The maximum absolute atomic E-state index is 13.3. The Morgan fingerprint density at radius 2 is 1.82 bits per heavy atom. The van der Waals surface area contributed by atoms with E-state index < -0.39 is 18.2 Å². The Morgan fingerprint density at radius 1 is 1.09 bits per heavy atom. The number of fused-ring (bicyclic) bond motifs is 1. The number of nitrogens with zero attached hydrogens (tertiary/aromatic N) is 2. The van der Waals surface area contributed by atoms with E-state index in [4.69, 9.17) is 9.73 Å². The third-order valence-electron chi connectivity index (χ3n) is 7.39. The minimum atomic E-state index is -0.944. The van der Waals surface area contributed by atoms with Crippen LogP contribution >= 0.6 is 0 Å². The van der Waals surface area contributed by atoms with Crippen molar-refractivity contribution < 1.29 is 19.1 Å². The van der Waals surface area contributed by atoms with E-state index >= 15 is 0 Å². The van der Waals surface area contributed by atoms with Crippen molar-refractivity contribution in [1.29, 1.82) is 0 Å². The molecular formula is C26H36N4O4. The average molecular weight is 469 g/mol. The van der Waals surface area contributed by atoms with Crippen LogP contribution in [0.3, 0.4) is 0 Å². The van der Waals surface area contributed by atoms with Crippen molar-refractivity contribution in [3.8, 4) is 0 Å². The third kappa shape index (κ3) is 5.42. The molecule has 2 N–H and O–H groups in total. The Balaban J connectivity index is 1.53. The smallest absolute Gasteiger partial charge is 0.338 e. The molecule has 2 aliphatic carbocycles. The van der Waals surface area contributed by atoms with Crippen molar-refractivity contribution in [2.45, 2.75) is 76.9 Å². The van der Waals surface area contributed by atoms with Crippen LogP contribution in [-0.4, -0.2) is 54.4 Å². The zero-order valence-electron chi connectivity index (χ0n) is 20.2. The Hall–Kier alpha value is -2.90. The van der Waals surface area contributed by atoms with Crippen molar-refractivity contribution >= 4 is 29.3 Å². The number of aliphatic imine (C=N–C) groups is 1. The number of carbonyl (C=O) groups is 3. The SMILES string of the molecule is CCOC(=O)c1cccc(NC(=O)NC2N=C(C3CCCCC3)C3CCCCC3N(C)C2=O)c1. The summed E-state index contributed by atoms with van der Waals surface area (Å²) in [6.07, 6.45) is 9.23. The number of amides is 3. The van der Waals surface area contributed by atoms with Gasteiger partial charge in [-0.05, 0) is 56.7 Å². The largest absolute Gasteiger partial charge is 0.462 e. The van der Waals surface area contributed by atoms with Gasteiger partial charge in [0.25, 0.3) is 5.91 Å². The molecule has 8 nitrogen and oxygen atoms in total. The molecule has 3 atom stereocenters. The molecule has 1 aliphatic heterocycles. The minimum absolute atomic E-state index is 0.151. The fourth-order valence-corrected chi connectivity index (χ4v) is 5.71. The molecule has 0 spiro atoms. The van der Waals surface area contributed by atoms with E-state index in [1.165, 1.54) is 19.3 Å². The van der Waals surface area contributed by atoms with Crippen molar-refractivity contribution in [3.05, 3.63) is 29.8 Å². The van der Waals surface area contributed by atoms with Crippen LogP contribution in [0.5, 0.6) is 0 Å². The first-order valence-corrected chi connectivity index (χ1v) is 12.7. The second-order valence-electron chi connectivity index (χ2n) is 9.60. The number of benzene rings is 1. The summed E-state index contributed by atoms with van der Waals surface area (Å²) in [5, 5.41) is 5.54. The lowest BCUT2D eigenvalue weighted by atomic mass is 9.73. The predicted molar refractivity (Wildman–Crippen MR) is 131 cm³/mol. The van der Waals surface area contributed by atoms with Gasteiger partial charge in [0.2, 0.25) is 6.17 Å². The van der Waals surface area contributed by atoms with Gasteiger partial charge in [0, 0.05) is 30.4 Å². The van der Waals surface area contributed by atoms with Crippen LogP contribution in [0.2, 0.25) is 0 Å². The highest BCUT2D eigenvalue weighted by molar-refractivity contribution is 5.99. The Morgan fingerprint density at radius 3 is 2.59 bits per heavy atom. The van der Waals surface area contributed by atoms with E-state index in [2.05, 4.69) is 10.6 Å². The molecule has 3 unspecified atom stereocenters. The highest BCUT2D eigenvalue weighted by Gasteiger charge is 2.42. The quantitative estimate of drug-likeness (QED) is 0.627. The molecule has 0 radical (unpaired) electrons. The molecule has 8 heteroatoms. The second kappa shape index (κ2) is 11.0. The number of carbonyl (C=O) groups excluding carboxylic acids is 3. The van der Waals surface area contributed by atoms with Crippen molar-refractivity contribution in [1.82, 2.24) is 10.2 Å². The lowest BCUT2D eigenvalue weighted by molar-refractivity contribution is -0.134. The summed E-state index contributed by atoms with van der Waals surface area (Å²) in [6, 6.07) is 6.19.